The third-order valence-electron chi connectivity index (χ3n) is 1.62. The average Bonchev–Trinajstić information content (AvgIpc) is 2.21. The monoisotopic (exact) mass is 171 g/mol. The van der Waals surface area contributed by atoms with Gasteiger partial charge in [0.15, 0.2) is 0 Å². The largest absolute Gasteiger partial charge is 0.340 e. The van der Waals surface area contributed by atoms with Crippen LogP contribution in [0.2, 0.25) is 0 Å². The van der Waals surface area contributed by atoms with Gasteiger partial charge in [-0.05, 0) is 24.3 Å². The van der Waals surface area contributed by atoms with Gasteiger partial charge in [-0.25, -0.2) is 4.98 Å². The highest BCUT2D eigenvalue weighted by molar-refractivity contribution is 5.54. The first kappa shape index (κ1) is 7.73. The second-order valence-corrected chi connectivity index (χ2v) is 2.58. The van der Waals surface area contributed by atoms with E-state index in [4.69, 9.17) is 0 Å². The van der Waals surface area contributed by atoms with E-state index in [1.807, 2.05) is 30.3 Å². The van der Waals surface area contributed by atoms with E-state index in [1.54, 1.807) is 18.6 Å². The zero-order valence-corrected chi connectivity index (χ0v) is 7.01. The Hall–Kier alpha value is -1.90. The number of aromatic nitrogens is 2. The zero-order valence-electron chi connectivity index (χ0n) is 7.01. The Balaban J connectivity index is 2.16. The molecule has 0 radical (unpaired) electrons. The molecule has 0 atom stereocenters. The Bertz CT molecular complexity index is 321. The van der Waals surface area contributed by atoms with Crippen molar-refractivity contribution in [3.05, 3.63) is 48.9 Å². The number of nitrogens with zero attached hydrogens (tertiary/aromatic N) is 2. The van der Waals surface area contributed by atoms with E-state index < -0.39 is 0 Å². The number of anilines is 2. The molecule has 2 rings (SSSR count). The van der Waals surface area contributed by atoms with Crippen molar-refractivity contribution >= 4 is 11.5 Å². The molecule has 0 saturated heterocycles. The summed E-state index contributed by atoms with van der Waals surface area (Å²) in [5, 5.41) is 3.15. The van der Waals surface area contributed by atoms with Gasteiger partial charge in [0, 0.05) is 24.3 Å². The molecule has 2 aromatic heterocycles. The standard InChI is InChI=1S/C10H9N3/c1-2-6-12-10(3-1)13-9-4-7-11-8-5-9/h1-8H,(H,11,12,13). The molecule has 0 aliphatic heterocycles. The summed E-state index contributed by atoms with van der Waals surface area (Å²) in [4.78, 5) is 8.07. The van der Waals surface area contributed by atoms with Crippen LogP contribution in [-0.2, 0) is 0 Å². The molecule has 13 heavy (non-hydrogen) atoms. The van der Waals surface area contributed by atoms with Crippen molar-refractivity contribution in [1.82, 2.24) is 9.97 Å². The molecule has 64 valence electrons. The fourth-order valence-electron chi connectivity index (χ4n) is 1.02. The lowest BCUT2D eigenvalue weighted by Gasteiger charge is -2.02. The highest BCUT2D eigenvalue weighted by Gasteiger charge is 1.91. The fourth-order valence-corrected chi connectivity index (χ4v) is 1.02. The molecule has 0 amide bonds. The van der Waals surface area contributed by atoms with Gasteiger partial charge in [-0.3, -0.25) is 4.98 Å². The lowest BCUT2D eigenvalue weighted by molar-refractivity contribution is 1.28. The SMILES string of the molecule is c1ccc(Nc2ccncc2)nc1. The van der Waals surface area contributed by atoms with Gasteiger partial charge in [-0.1, -0.05) is 6.07 Å². The number of pyridine rings is 2. The average molecular weight is 171 g/mol. The molecule has 0 aromatic carbocycles. The zero-order chi connectivity index (χ0) is 8.93. The fraction of sp³-hybridized carbons (Fsp3) is 0. The number of hydrogen-bond donors (Lipinski definition) is 1. The van der Waals surface area contributed by atoms with Crippen molar-refractivity contribution in [2.24, 2.45) is 0 Å². The first-order valence-electron chi connectivity index (χ1n) is 4.03. The molecule has 0 fully saturated rings. The van der Waals surface area contributed by atoms with E-state index in [0.717, 1.165) is 11.5 Å². The minimum absolute atomic E-state index is 0.841. The van der Waals surface area contributed by atoms with Crippen LogP contribution in [0.5, 0.6) is 0 Å². The van der Waals surface area contributed by atoms with Crippen molar-refractivity contribution in [2.75, 3.05) is 5.32 Å². The van der Waals surface area contributed by atoms with E-state index >= 15 is 0 Å². The summed E-state index contributed by atoms with van der Waals surface area (Å²) in [5.74, 6) is 0.841. The smallest absolute Gasteiger partial charge is 0.130 e. The van der Waals surface area contributed by atoms with E-state index in [1.165, 1.54) is 0 Å². The quantitative estimate of drug-likeness (QED) is 0.752. The molecule has 0 aliphatic carbocycles. The second-order valence-electron chi connectivity index (χ2n) is 2.58. The van der Waals surface area contributed by atoms with Crippen LogP contribution < -0.4 is 5.32 Å². The highest BCUT2D eigenvalue weighted by atomic mass is 15.0. The predicted octanol–water partition coefficient (Wildman–Crippen LogP) is 2.22. The molecular weight excluding hydrogens is 162 g/mol. The molecule has 0 bridgehead atoms. The van der Waals surface area contributed by atoms with Crippen molar-refractivity contribution in [3.8, 4) is 0 Å². The molecule has 0 spiro atoms. The van der Waals surface area contributed by atoms with Crippen molar-refractivity contribution < 1.29 is 0 Å². The third kappa shape index (κ3) is 2.02. The van der Waals surface area contributed by atoms with Gasteiger partial charge in [-0.15, -0.1) is 0 Å². The summed E-state index contributed by atoms with van der Waals surface area (Å²) in [6, 6.07) is 9.54. The van der Waals surface area contributed by atoms with Gasteiger partial charge in [0.25, 0.3) is 0 Å². The van der Waals surface area contributed by atoms with Crippen LogP contribution in [0.1, 0.15) is 0 Å². The third-order valence-corrected chi connectivity index (χ3v) is 1.62. The van der Waals surface area contributed by atoms with Crippen LogP contribution in [0.25, 0.3) is 0 Å². The number of hydrogen-bond acceptors (Lipinski definition) is 3. The van der Waals surface area contributed by atoms with Crippen molar-refractivity contribution in [3.63, 3.8) is 0 Å². The van der Waals surface area contributed by atoms with Crippen LogP contribution in [0.4, 0.5) is 11.5 Å². The highest BCUT2D eigenvalue weighted by Crippen LogP contribution is 2.11. The number of rotatable bonds is 2. The molecule has 3 nitrogen and oxygen atoms in total. The predicted molar refractivity (Wildman–Crippen MR) is 51.8 cm³/mol. The van der Waals surface area contributed by atoms with E-state index in [0.29, 0.717) is 0 Å². The lowest BCUT2D eigenvalue weighted by atomic mass is 10.4. The molecule has 1 N–H and O–H groups in total. The molecule has 3 heteroatoms. The van der Waals surface area contributed by atoms with Crippen LogP contribution in [0.15, 0.2) is 48.9 Å². The van der Waals surface area contributed by atoms with Gasteiger partial charge >= 0.3 is 0 Å². The summed E-state index contributed by atoms with van der Waals surface area (Å²) in [6.45, 7) is 0. The summed E-state index contributed by atoms with van der Waals surface area (Å²) in [7, 11) is 0. The van der Waals surface area contributed by atoms with Gasteiger partial charge in [0.1, 0.15) is 5.82 Å². The van der Waals surface area contributed by atoms with E-state index in [2.05, 4.69) is 15.3 Å². The second kappa shape index (κ2) is 3.67. The Kier molecular flexibility index (Phi) is 2.18. The summed E-state index contributed by atoms with van der Waals surface area (Å²) < 4.78 is 0. The lowest BCUT2D eigenvalue weighted by Crippen LogP contribution is -1.91. The Morgan fingerprint density at radius 1 is 0.923 bits per heavy atom. The van der Waals surface area contributed by atoms with E-state index in [9.17, 15) is 0 Å². The Labute approximate surface area is 76.5 Å². The topological polar surface area (TPSA) is 37.8 Å². The first-order valence-corrected chi connectivity index (χ1v) is 4.03. The summed E-state index contributed by atoms with van der Waals surface area (Å²) in [6.07, 6.45) is 5.24. The van der Waals surface area contributed by atoms with Gasteiger partial charge in [-0.2, -0.15) is 0 Å². The van der Waals surface area contributed by atoms with Gasteiger partial charge in [0.05, 0.1) is 0 Å². The van der Waals surface area contributed by atoms with Crippen LogP contribution in [0.3, 0.4) is 0 Å². The van der Waals surface area contributed by atoms with Crippen molar-refractivity contribution in [1.29, 1.82) is 0 Å². The summed E-state index contributed by atoms with van der Waals surface area (Å²) in [5.41, 5.74) is 0.994. The minimum Gasteiger partial charge on any atom is -0.340 e. The normalized spacial score (nSPS) is 9.54. The maximum absolute atomic E-state index is 4.14. The minimum atomic E-state index is 0.841. The van der Waals surface area contributed by atoms with Crippen LogP contribution >= 0.6 is 0 Å². The molecular formula is C10H9N3. The van der Waals surface area contributed by atoms with Crippen LogP contribution in [-0.4, -0.2) is 9.97 Å². The first-order chi connectivity index (χ1) is 6.45. The maximum Gasteiger partial charge on any atom is 0.130 e. The van der Waals surface area contributed by atoms with Gasteiger partial charge < -0.3 is 5.32 Å². The molecule has 0 saturated carbocycles. The Morgan fingerprint density at radius 3 is 2.46 bits per heavy atom. The van der Waals surface area contributed by atoms with Crippen molar-refractivity contribution in [2.45, 2.75) is 0 Å². The summed E-state index contributed by atoms with van der Waals surface area (Å²) >= 11 is 0. The van der Waals surface area contributed by atoms with Crippen LogP contribution in [0, 0.1) is 0 Å². The molecule has 2 aromatic rings. The molecule has 2 heterocycles. The maximum atomic E-state index is 4.14. The van der Waals surface area contributed by atoms with E-state index in [-0.39, 0.29) is 0 Å². The van der Waals surface area contributed by atoms with Gasteiger partial charge in [0.2, 0.25) is 0 Å². The molecule has 0 aliphatic rings. The Morgan fingerprint density at radius 2 is 1.77 bits per heavy atom. The number of nitrogens with one attached hydrogen (secondary N) is 1. The molecule has 0 unspecified atom stereocenters.